The van der Waals surface area contributed by atoms with Crippen LogP contribution in [0.1, 0.15) is 31.6 Å². The van der Waals surface area contributed by atoms with Gasteiger partial charge in [-0.05, 0) is 56.7 Å². The number of hydrogen-bond acceptors (Lipinski definition) is 3. The molecular weight excluding hydrogens is 399 g/mol. The highest BCUT2D eigenvalue weighted by Gasteiger charge is 2.17. The summed E-state index contributed by atoms with van der Waals surface area (Å²) in [6.07, 6.45) is 5.58. The van der Waals surface area contributed by atoms with E-state index in [1.807, 2.05) is 57.6 Å². The van der Waals surface area contributed by atoms with E-state index in [4.69, 9.17) is 27.9 Å². The number of imidazole rings is 1. The van der Waals surface area contributed by atoms with E-state index < -0.39 is 0 Å². The Morgan fingerprint density at radius 3 is 2.44 bits per heavy atom. The Morgan fingerprint density at radius 2 is 1.85 bits per heavy atom. The normalized spacial score (nSPS) is 12.8. The molecular formula is C21H22Cl2N2OS. The Hall–Kier alpha value is -1.62. The summed E-state index contributed by atoms with van der Waals surface area (Å²) in [7, 11) is 0. The summed E-state index contributed by atoms with van der Waals surface area (Å²) in [6.45, 7) is 6.91. The number of nitrogens with zero attached hydrogens (tertiary/aromatic N) is 2. The lowest BCUT2D eigenvalue weighted by Gasteiger charge is -2.22. The van der Waals surface area contributed by atoms with Crippen LogP contribution in [0.15, 0.2) is 66.1 Å². The second-order valence-corrected chi connectivity index (χ2v) is 9.31. The number of aromatic nitrogens is 2. The lowest BCUT2D eigenvalue weighted by Crippen LogP contribution is -2.22. The van der Waals surface area contributed by atoms with Crippen LogP contribution in [0.4, 0.5) is 0 Å². The van der Waals surface area contributed by atoms with E-state index in [1.54, 1.807) is 24.0 Å². The fourth-order valence-electron chi connectivity index (χ4n) is 2.63. The molecule has 0 N–H and O–H groups in total. The van der Waals surface area contributed by atoms with Gasteiger partial charge in [0.05, 0.1) is 16.6 Å². The summed E-state index contributed by atoms with van der Waals surface area (Å²) >= 11 is 14.1. The number of rotatable bonds is 6. The Labute approximate surface area is 174 Å². The molecule has 1 aromatic heterocycles. The molecule has 0 amide bonds. The van der Waals surface area contributed by atoms with E-state index in [-0.39, 0.29) is 10.9 Å². The SMILES string of the molecule is CC(C)(C)Oc1ccc(C(Cn2ccnc2)Sc2ccc(Cl)cc2Cl)cc1. The van der Waals surface area contributed by atoms with Crippen LogP contribution in [-0.2, 0) is 6.54 Å². The van der Waals surface area contributed by atoms with Crippen molar-refractivity contribution in [3.8, 4) is 5.75 Å². The van der Waals surface area contributed by atoms with E-state index in [2.05, 4.69) is 21.7 Å². The van der Waals surface area contributed by atoms with Crippen molar-refractivity contribution in [3.05, 3.63) is 76.8 Å². The van der Waals surface area contributed by atoms with Gasteiger partial charge >= 0.3 is 0 Å². The first kappa shape index (κ1) is 20.1. The molecule has 0 saturated heterocycles. The molecule has 0 aliphatic heterocycles. The highest BCUT2D eigenvalue weighted by Crippen LogP contribution is 2.41. The first-order chi connectivity index (χ1) is 12.8. The van der Waals surface area contributed by atoms with Gasteiger partial charge in [-0.3, -0.25) is 0 Å². The maximum absolute atomic E-state index is 6.40. The van der Waals surface area contributed by atoms with Crippen molar-refractivity contribution in [1.29, 1.82) is 0 Å². The van der Waals surface area contributed by atoms with Gasteiger partial charge in [0.15, 0.2) is 0 Å². The number of hydrogen-bond donors (Lipinski definition) is 0. The average molecular weight is 421 g/mol. The minimum Gasteiger partial charge on any atom is -0.488 e. The van der Waals surface area contributed by atoms with Crippen molar-refractivity contribution in [2.45, 2.75) is 43.1 Å². The molecule has 0 aliphatic rings. The van der Waals surface area contributed by atoms with E-state index in [0.29, 0.717) is 10.0 Å². The molecule has 1 heterocycles. The predicted octanol–water partition coefficient (Wildman–Crippen LogP) is 6.90. The van der Waals surface area contributed by atoms with Crippen LogP contribution in [0.3, 0.4) is 0 Å². The summed E-state index contributed by atoms with van der Waals surface area (Å²) in [5.74, 6) is 0.863. The Morgan fingerprint density at radius 1 is 1.11 bits per heavy atom. The average Bonchev–Trinajstić information content (AvgIpc) is 3.09. The molecule has 6 heteroatoms. The first-order valence-corrected chi connectivity index (χ1v) is 10.3. The third-order valence-corrected chi connectivity index (χ3v) is 5.75. The van der Waals surface area contributed by atoms with Gasteiger partial charge in [-0.1, -0.05) is 35.3 Å². The van der Waals surface area contributed by atoms with Gasteiger partial charge in [0.25, 0.3) is 0 Å². The van der Waals surface area contributed by atoms with Crippen LogP contribution in [-0.4, -0.2) is 15.2 Å². The Bertz CT molecular complexity index is 874. The van der Waals surface area contributed by atoms with E-state index >= 15 is 0 Å². The largest absolute Gasteiger partial charge is 0.488 e. The van der Waals surface area contributed by atoms with Crippen LogP contribution >= 0.6 is 35.0 Å². The zero-order valence-electron chi connectivity index (χ0n) is 15.5. The van der Waals surface area contributed by atoms with Gasteiger partial charge < -0.3 is 9.30 Å². The van der Waals surface area contributed by atoms with Crippen molar-refractivity contribution in [2.75, 3.05) is 0 Å². The molecule has 0 saturated carbocycles. The molecule has 0 fully saturated rings. The van der Waals surface area contributed by atoms with Gasteiger partial charge in [-0.2, -0.15) is 0 Å². The smallest absolute Gasteiger partial charge is 0.120 e. The molecule has 3 rings (SSSR count). The first-order valence-electron chi connectivity index (χ1n) is 8.66. The Balaban J connectivity index is 1.85. The third kappa shape index (κ3) is 5.93. The summed E-state index contributed by atoms with van der Waals surface area (Å²) in [5, 5.41) is 1.47. The summed E-state index contributed by atoms with van der Waals surface area (Å²) < 4.78 is 8.01. The molecule has 2 aromatic carbocycles. The van der Waals surface area contributed by atoms with E-state index in [9.17, 15) is 0 Å². The van der Waals surface area contributed by atoms with Crippen molar-refractivity contribution < 1.29 is 4.74 Å². The highest BCUT2D eigenvalue weighted by atomic mass is 35.5. The molecule has 0 bridgehead atoms. The molecule has 3 aromatic rings. The molecule has 1 atom stereocenters. The van der Waals surface area contributed by atoms with E-state index in [0.717, 1.165) is 17.2 Å². The summed E-state index contributed by atoms with van der Waals surface area (Å²) in [6, 6.07) is 13.9. The van der Waals surface area contributed by atoms with Crippen molar-refractivity contribution >= 4 is 35.0 Å². The fraction of sp³-hybridized carbons (Fsp3) is 0.286. The summed E-state index contributed by atoms with van der Waals surface area (Å²) in [4.78, 5) is 5.15. The minimum absolute atomic E-state index is 0.168. The second kappa shape index (κ2) is 8.59. The molecule has 0 aliphatic carbocycles. The number of halogens is 2. The standard InChI is InChI=1S/C21H22Cl2N2OS/c1-21(2,3)26-17-7-4-15(5-8-17)20(13-25-11-10-24-14-25)27-19-9-6-16(22)12-18(19)23/h4-12,14,20H,13H2,1-3H3. The van der Waals surface area contributed by atoms with E-state index in [1.165, 1.54) is 5.56 Å². The second-order valence-electron chi connectivity index (χ2n) is 7.22. The summed E-state index contributed by atoms with van der Waals surface area (Å²) in [5.41, 5.74) is 0.976. The molecule has 3 nitrogen and oxygen atoms in total. The van der Waals surface area contributed by atoms with Crippen LogP contribution in [0.2, 0.25) is 10.0 Å². The monoisotopic (exact) mass is 420 g/mol. The van der Waals surface area contributed by atoms with Gasteiger partial charge in [0, 0.05) is 28.9 Å². The fourth-order valence-corrected chi connectivity index (χ4v) is 4.33. The minimum atomic E-state index is -0.219. The van der Waals surface area contributed by atoms with Crippen LogP contribution in [0, 0.1) is 0 Å². The number of thioether (sulfide) groups is 1. The number of benzene rings is 2. The molecule has 142 valence electrons. The quantitative estimate of drug-likeness (QED) is 0.405. The third-order valence-electron chi connectivity index (χ3n) is 3.77. The molecule has 27 heavy (non-hydrogen) atoms. The van der Waals surface area contributed by atoms with Gasteiger partial charge in [0.1, 0.15) is 11.4 Å². The molecule has 0 spiro atoms. The molecule has 0 radical (unpaired) electrons. The van der Waals surface area contributed by atoms with Crippen molar-refractivity contribution in [1.82, 2.24) is 9.55 Å². The zero-order valence-corrected chi connectivity index (χ0v) is 17.9. The maximum Gasteiger partial charge on any atom is 0.120 e. The van der Waals surface area contributed by atoms with Crippen molar-refractivity contribution in [2.24, 2.45) is 0 Å². The Kier molecular flexibility index (Phi) is 6.40. The lowest BCUT2D eigenvalue weighted by molar-refractivity contribution is 0.131. The highest BCUT2D eigenvalue weighted by molar-refractivity contribution is 7.99. The topological polar surface area (TPSA) is 27.1 Å². The predicted molar refractivity (Wildman–Crippen MR) is 114 cm³/mol. The zero-order chi connectivity index (χ0) is 19.4. The van der Waals surface area contributed by atoms with Gasteiger partial charge in [0.2, 0.25) is 0 Å². The van der Waals surface area contributed by atoms with Crippen LogP contribution in [0.5, 0.6) is 5.75 Å². The van der Waals surface area contributed by atoms with Crippen molar-refractivity contribution in [3.63, 3.8) is 0 Å². The molecule has 1 unspecified atom stereocenters. The maximum atomic E-state index is 6.40. The van der Waals surface area contributed by atoms with Crippen LogP contribution < -0.4 is 4.74 Å². The lowest BCUT2D eigenvalue weighted by atomic mass is 10.1. The van der Waals surface area contributed by atoms with Gasteiger partial charge in [-0.15, -0.1) is 11.8 Å². The number of ether oxygens (including phenoxy) is 1. The van der Waals surface area contributed by atoms with Gasteiger partial charge in [-0.25, -0.2) is 4.98 Å². The van der Waals surface area contributed by atoms with Crippen LogP contribution in [0.25, 0.3) is 0 Å².